The zero-order valence-corrected chi connectivity index (χ0v) is 10.6. The summed E-state index contributed by atoms with van der Waals surface area (Å²) in [5, 5.41) is 4.37. The molecule has 0 aromatic heterocycles. The molecule has 0 saturated heterocycles. The number of hydrazone groups is 1. The molecule has 1 aliphatic carbocycles. The minimum Gasteiger partial charge on any atom is -0.266 e. The maximum Gasteiger partial charge on any atom is 0.149 e. The number of rotatable bonds is 2. The molecule has 2 aliphatic rings. The van der Waals surface area contributed by atoms with E-state index in [0.29, 0.717) is 5.92 Å². The highest BCUT2D eigenvalue weighted by molar-refractivity contribution is 6.00. The van der Waals surface area contributed by atoms with E-state index in [9.17, 15) is 0 Å². The SMILES string of the molecule is C(=NNC1=NCCc2ccccc21)C1CCCC1. The molecule has 3 rings (SSSR count). The second kappa shape index (κ2) is 5.34. The lowest BCUT2D eigenvalue weighted by Crippen LogP contribution is -2.25. The van der Waals surface area contributed by atoms with Crippen molar-refractivity contribution in [1.82, 2.24) is 5.43 Å². The fraction of sp³-hybridized carbons (Fsp3) is 0.467. The van der Waals surface area contributed by atoms with Gasteiger partial charge in [-0.3, -0.25) is 10.4 Å². The highest BCUT2D eigenvalue weighted by Crippen LogP contribution is 2.22. The topological polar surface area (TPSA) is 36.8 Å². The highest BCUT2D eigenvalue weighted by Gasteiger charge is 2.14. The van der Waals surface area contributed by atoms with E-state index in [0.717, 1.165) is 18.8 Å². The first-order valence-electron chi connectivity index (χ1n) is 6.85. The van der Waals surface area contributed by atoms with E-state index in [1.54, 1.807) is 0 Å². The predicted molar refractivity (Wildman–Crippen MR) is 75.1 cm³/mol. The molecule has 18 heavy (non-hydrogen) atoms. The average Bonchev–Trinajstić information content (AvgIpc) is 2.92. The van der Waals surface area contributed by atoms with Crippen LogP contribution < -0.4 is 5.43 Å². The van der Waals surface area contributed by atoms with Gasteiger partial charge in [0.1, 0.15) is 5.84 Å². The van der Waals surface area contributed by atoms with Crippen LogP contribution in [0.25, 0.3) is 0 Å². The predicted octanol–water partition coefficient (Wildman–Crippen LogP) is 2.75. The Morgan fingerprint density at radius 1 is 1.22 bits per heavy atom. The van der Waals surface area contributed by atoms with Gasteiger partial charge in [-0.15, -0.1) is 0 Å². The standard InChI is InChI=1S/C15H19N3/c1-2-6-12(5-1)11-17-18-15-14-8-4-3-7-13(14)9-10-16-15/h3-4,7-8,11-12H,1-2,5-6,9-10H2,(H,16,18). The summed E-state index contributed by atoms with van der Waals surface area (Å²) >= 11 is 0. The van der Waals surface area contributed by atoms with E-state index in [1.807, 2.05) is 0 Å². The molecule has 94 valence electrons. The summed E-state index contributed by atoms with van der Waals surface area (Å²) in [7, 11) is 0. The summed E-state index contributed by atoms with van der Waals surface area (Å²) < 4.78 is 0. The number of hydrogen-bond acceptors (Lipinski definition) is 3. The highest BCUT2D eigenvalue weighted by atomic mass is 15.3. The third-order valence-corrected chi connectivity index (χ3v) is 3.78. The van der Waals surface area contributed by atoms with Crippen LogP contribution in [0.3, 0.4) is 0 Å². The van der Waals surface area contributed by atoms with Crippen LogP contribution in [-0.2, 0) is 6.42 Å². The van der Waals surface area contributed by atoms with E-state index < -0.39 is 0 Å². The van der Waals surface area contributed by atoms with Crippen molar-refractivity contribution >= 4 is 12.1 Å². The fourth-order valence-corrected chi connectivity index (χ4v) is 2.75. The minimum atomic E-state index is 0.664. The maximum absolute atomic E-state index is 4.53. The van der Waals surface area contributed by atoms with E-state index >= 15 is 0 Å². The normalized spacial score (nSPS) is 19.9. The monoisotopic (exact) mass is 241 g/mol. The van der Waals surface area contributed by atoms with E-state index in [1.165, 1.54) is 36.8 Å². The number of nitrogens with zero attached hydrogens (tertiary/aromatic N) is 2. The average molecular weight is 241 g/mol. The third-order valence-electron chi connectivity index (χ3n) is 3.78. The summed E-state index contributed by atoms with van der Waals surface area (Å²) in [4.78, 5) is 4.53. The van der Waals surface area contributed by atoms with Crippen molar-refractivity contribution in [3.05, 3.63) is 35.4 Å². The van der Waals surface area contributed by atoms with Gasteiger partial charge in [0.2, 0.25) is 0 Å². The molecule has 1 heterocycles. The van der Waals surface area contributed by atoms with E-state index in [-0.39, 0.29) is 0 Å². The maximum atomic E-state index is 4.53. The number of hydrogen-bond donors (Lipinski definition) is 1. The summed E-state index contributed by atoms with van der Waals surface area (Å²) in [5.41, 5.74) is 5.69. The Kier molecular flexibility index (Phi) is 3.40. The van der Waals surface area contributed by atoms with Gasteiger partial charge in [-0.1, -0.05) is 37.1 Å². The van der Waals surface area contributed by atoms with Crippen molar-refractivity contribution in [2.75, 3.05) is 6.54 Å². The Morgan fingerprint density at radius 2 is 2.06 bits per heavy atom. The van der Waals surface area contributed by atoms with Crippen LogP contribution in [0, 0.1) is 5.92 Å². The lowest BCUT2D eigenvalue weighted by atomic mass is 10.0. The number of benzene rings is 1. The number of nitrogens with one attached hydrogen (secondary N) is 1. The number of fused-ring (bicyclic) bond motifs is 1. The summed E-state index contributed by atoms with van der Waals surface area (Å²) in [6, 6.07) is 8.43. The summed E-state index contributed by atoms with van der Waals surface area (Å²) in [5.74, 6) is 1.59. The van der Waals surface area contributed by atoms with Crippen LogP contribution in [0.5, 0.6) is 0 Å². The van der Waals surface area contributed by atoms with Crippen molar-refractivity contribution < 1.29 is 0 Å². The molecule has 1 aromatic rings. The molecule has 0 radical (unpaired) electrons. The van der Waals surface area contributed by atoms with Crippen LogP contribution >= 0.6 is 0 Å². The number of aliphatic imine (C=N–C) groups is 1. The van der Waals surface area contributed by atoms with E-state index in [4.69, 9.17) is 0 Å². The van der Waals surface area contributed by atoms with Crippen LogP contribution in [0.2, 0.25) is 0 Å². The molecule has 1 saturated carbocycles. The molecule has 1 N–H and O–H groups in total. The van der Waals surface area contributed by atoms with Crippen LogP contribution in [0.4, 0.5) is 0 Å². The van der Waals surface area contributed by atoms with Crippen molar-refractivity contribution in [3.8, 4) is 0 Å². The van der Waals surface area contributed by atoms with Crippen LogP contribution in [-0.4, -0.2) is 18.6 Å². The lowest BCUT2D eigenvalue weighted by molar-refractivity contribution is 0.737. The van der Waals surface area contributed by atoms with Gasteiger partial charge < -0.3 is 0 Å². The second-order valence-corrected chi connectivity index (χ2v) is 5.07. The first-order valence-corrected chi connectivity index (χ1v) is 6.85. The Labute approximate surface area is 108 Å². The smallest absolute Gasteiger partial charge is 0.149 e. The molecule has 0 bridgehead atoms. The van der Waals surface area contributed by atoms with Gasteiger partial charge in [0.05, 0.1) is 0 Å². The summed E-state index contributed by atoms with van der Waals surface area (Å²) in [6.45, 7) is 0.859. The van der Waals surface area contributed by atoms with Gasteiger partial charge in [0, 0.05) is 18.3 Å². The van der Waals surface area contributed by atoms with Crippen LogP contribution in [0.1, 0.15) is 36.8 Å². The Balaban J connectivity index is 1.67. The molecule has 0 spiro atoms. The van der Waals surface area contributed by atoms with Gasteiger partial charge in [-0.05, 0) is 30.7 Å². The molecule has 0 amide bonds. The molecular weight excluding hydrogens is 222 g/mol. The third kappa shape index (κ3) is 2.45. The Bertz CT molecular complexity index is 470. The van der Waals surface area contributed by atoms with Gasteiger partial charge in [0.25, 0.3) is 0 Å². The van der Waals surface area contributed by atoms with Crippen molar-refractivity contribution in [2.45, 2.75) is 32.1 Å². The molecule has 0 unspecified atom stereocenters. The minimum absolute atomic E-state index is 0.664. The molecule has 1 fully saturated rings. The zero-order valence-electron chi connectivity index (χ0n) is 10.6. The van der Waals surface area contributed by atoms with Crippen molar-refractivity contribution in [2.24, 2.45) is 16.0 Å². The lowest BCUT2D eigenvalue weighted by Gasteiger charge is -2.15. The zero-order chi connectivity index (χ0) is 12.2. The van der Waals surface area contributed by atoms with E-state index in [2.05, 4.69) is 46.0 Å². The van der Waals surface area contributed by atoms with Crippen LogP contribution in [0.15, 0.2) is 34.4 Å². The molecule has 1 aromatic carbocycles. The van der Waals surface area contributed by atoms with Gasteiger partial charge in [-0.25, -0.2) is 0 Å². The molecule has 3 heteroatoms. The van der Waals surface area contributed by atoms with Crippen molar-refractivity contribution in [1.29, 1.82) is 0 Å². The Morgan fingerprint density at radius 3 is 2.94 bits per heavy atom. The first kappa shape index (κ1) is 11.5. The molecular formula is C15H19N3. The fourth-order valence-electron chi connectivity index (χ4n) is 2.75. The van der Waals surface area contributed by atoms with Crippen molar-refractivity contribution in [3.63, 3.8) is 0 Å². The molecule has 3 nitrogen and oxygen atoms in total. The molecule has 0 atom stereocenters. The molecule has 1 aliphatic heterocycles. The summed E-state index contributed by atoms with van der Waals surface area (Å²) in [6.07, 6.45) is 8.36. The number of amidine groups is 1. The first-order chi connectivity index (χ1) is 8.93. The largest absolute Gasteiger partial charge is 0.266 e. The second-order valence-electron chi connectivity index (χ2n) is 5.07. The van der Waals surface area contributed by atoms with Gasteiger partial charge >= 0.3 is 0 Å². The Hall–Kier alpha value is -1.64. The van der Waals surface area contributed by atoms with Gasteiger partial charge in [0.15, 0.2) is 0 Å². The van der Waals surface area contributed by atoms with Gasteiger partial charge in [-0.2, -0.15) is 5.10 Å². The quantitative estimate of drug-likeness (QED) is 0.627.